The number of benzene rings is 2. The second kappa shape index (κ2) is 6.40. The molecule has 0 saturated carbocycles. The molecule has 19 heavy (non-hydrogen) atoms. The number of rotatable bonds is 5. The first-order valence-electron chi connectivity index (χ1n) is 5.96. The number of methoxy groups -OCH3 is 1. The molecule has 96 valence electrons. The van der Waals surface area contributed by atoms with E-state index < -0.39 is 0 Å². The largest absolute Gasteiger partial charge is 0.497 e. The van der Waals surface area contributed by atoms with Crippen molar-refractivity contribution in [3.8, 4) is 5.75 Å². The van der Waals surface area contributed by atoms with Crippen LogP contribution in [0.25, 0.3) is 0 Å². The number of allylic oxidation sites excluding steroid dienone is 1. The van der Waals surface area contributed by atoms with Crippen molar-refractivity contribution in [1.82, 2.24) is 0 Å². The molecule has 3 nitrogen and oxygen atoms in total. The molecule has 2 aromatic carbocycles. The number of hydrogen-bond acceptors (Lipinski definition) is 3. The van der Waals surface area contributed by atoms with Crippen LogP contribution in [-0.4, -0.2) is 12.9 Å². The van der Waals surface area contributed by atoms with Crippen LogP contribution in [0.3, 0.4) is 0 Å². The Morgan fingerprint density at radius 1 is 1.05 bits per heavy atom. The van der Waals surface area contributed by atoms with E-state index in [1.165, 1.54) is 6.08 Å². The van der Waals surface area contributed by atoms with Gasteiger partial charge in [-0.2, -0.15) is 0 Å². The molecule has 0 aliphatic heterocycles. The summed E-state index contributed by atoms with van der Waals surface area (Å²) in [7, 11) is 1.63. The molecule has 0 aromatic heterocycles. The Morgan fingerprint density at radius 2 is 1.74 bits per heavy atom. The van der Waals surface area contributed by atoms with Crippen molar-refractivity contribution in [2.45, 2.75) is 0 Å². The molecule has 0 heterocycles. The summed E-state index contributed by atoms with van der Waals surface area (Å²) in [6.07, 6.45) is 3.15. The molecule has 0 atom stereocenters. The van der Waals surface area contributed by atoms with Gasteiger partial charge in [0.15, 0.2) is 5.78 Å². The highest BCUT2D eigenvalue weighted by Crippen LogP contribution is 2.14. The lowest BCUT2D eigenvalue weighted by Crippen LogP contribution is -1.95. The topological polar surface area (TPSA) is 38.3 Å². The molecule has 0 spiro atoms. The number of ether oxygens (including phenoxy) is 1. The second-order valence-corrected chi connectivity index (χ2v) is 3.94. The quantitative estimate of drug-likeness (QED) is 0.654. The molecule has 0 unspecified atom stereocenters. The van der Waals surface area contributed by atoms with E-state index >= 15 is 0 Å². The van der Waals surface area contributed by atoms with Gasteiger partial charge in [0.05, 0.1) is 7.11 Å². The predicted octanol–water partition coefficient (Wildman–Crippen LogP) is 3.50. The molecule has 1 N–H and O–H groups in total. The zero-order valence-electron chi connectivity index (χ0n) is 10.7. The summed E-state index contributed by atoms with van der Waals surface area (Å²) >= 11 is 0. The molecule has 2 rings (SSSR count). The van der Waals surface area contributed by atoms with Crippen molar-refractivity contribution in [2.75, 3.05) is 12.4 Å². The average Bonchev–Trinajstić information content (AvgIpc) is 2.49. The second-order valence-electron chi connectivity index (χ2n) is 3.94. The van der Waals surface area contributed by atoms with Crippen molar-refractivity contribution in [2.24, 2.45) is 0 Å². The molecule has 0 saturated heterocycles. The van der Waals surface area contributed by atoms with Crippen LogP contribution in [0.2, 0.25) is 0 Å². The normalized spacial score (nSPS) is 10.4. The molecule has 2 aromatic rings. The summed E-state index contributed by atoms with van der Waals surface area (Å²) in [5, 5.41) is 3.04. The molecule has 0 bridgehead atoms. The van der Waals surface area contributed by atoms with Crippen LogP contribution in [0.1, 0.15) is 10.4 Å². The zero-order valence-corrected chi connectivity index (χ0v) is 10.7. The van der Waals surface area contributed by atoms with Gasteiger partial charge in [-0.25, -0.2) is 0 Å². The number of carbonyl (C=O) groups is 1. The van der Waals surface area contributed by atoms with Gasteiger partial charge in [0.1, 0.15) is 5.75 Å². The van der Waals surface area contributed by atoms with Gasteiger partial charge in [-0.1, -0.05) is 30.3 Å². The summed E-state index contributed by atoms with van der Waals surface area (Å²) < 4.78 is 5.07. The van der Waals surface area contributed by atoms with E-state index in [0.717, 1.165) is 11.4 Å². The molecule has 0 radical (unpaired) electrons. The maximum atomic E-state index is 11.8. The van der Waals surface area contributed by atoms with Gasteiger partial charge >= 0.3 is 0 Å². The number of ketones is 1. The molecule has 3 heteroatoms. The van der Waals surface area contributed by atoms with Crippen molar-refractivity contribution < 1.29 is 9.53 Å². The van der Waals surface area contributed by atoms with E-state index in [2.05, 4.69) is 5.32 Å². The lowest BCUT2D eigenvalue weighted by Gasteiger charge is -2.02. The minimum atomic E-state index is -0.0263. The zero-order chi connectivity index (χ0) is 13.5. The average molecular weight is 253 g/mol. The minimum absolute atomic E-state index is 0.0263. The van der Waals surface area contributed by atoms with Crippen LogP contribution >= 0.6 is 0 Å². The number of carbonyl (C=O) groups excluding carboxylic acids is 1. The summed E-state index contributed by atoms with van der Waals surface area (Å²) in [6.45, 7) is 0. The molecule has 0 aliphatic carbocycles. The van der Waals surface area contributed by atoms with Crippen LogP contribution in [0.4, 0.5) is 5.69 Å². The van der Waals surface area contributed by atoms with Gasteiger partial charge in [-0.3, -0.25) is 4.79 Å². The summed E-state index contributed by atoms with van der Waals surface area (Å²) in [6, 6.07) is 16.6. The number of anilines is 1. The van der Waals surface area contributed by atoms with Gasteiger partial charge < -0.3 is 10.1 Å². The highest BCUT2D eigenvalue weighted by Gasteiger charge is 1.98. The van der Waals surface area contributed by atoms with E-state index in [1.54, 1.807) is 25.4 Å². The van der Waals surface area contributed by atoms with Crippen molar-refractivity contribution >= 4 is 11.5 Å². The van der Waals surface area contributed by atoms with Crippen LogP contribution in [-0.2, 0) is 0 Å². The molecule has 0 aliphatic rings. The lowest BCUT2D eigenvalue weighted by atomic mass is 10.1. The molecular weight excluding hydrogens is 238 g/mol. The summed E-state index contributed by atoms with van der Waals surface area (Å²) in [5.41, 5.74) is 1.58. The Morgan fingerprint density at radius 3 is 2.37 bits per heavy atom. The Labute approximate surface area is 112 Å². The Bertz CT molecular complexity index is 559. The van der Waals surface area contributed by atoms with Crippen LogP contribution in [0.15, 0.2) is 66.9 Å². The van der Waals surface area contributed by atoms with E-state index in [4.69, 9.17) is 4.74 Å². The van der Waals surface area contributed by atoms with Crippen molar-refractivity contribution in [3.63, 3.8) is 0 Å². The van der Waals surface area contributed by atoms with E-state index in [-0.39, 0.29) is 5.78 Å². The van der Waals surface area contributed by atoms with Gasteiger partial charge in [0.25, 0.3) is 0 Å². The van der Waals surface area contributed by atoms with E-state index in [0.29, 0.717) is 5.56 Å². The highest BCUT2D eigenvalue weighted by atomic mass is 16.5. The predicted molar refractivity (Wildman–Crippen MR) is 76.5 cm³/mol. The third-order valence-corrected chi connectivity index (χ3v) is 2.63. The fourth-order valence-corrected chi connectivity index (χ4v) is 1.60. The van der Waals surface area contributed by atoms with Gasteiger partial charge in [-0.15, -0.1) is 0 Å². The van der Waals surface area contributed by atoms with Gasteiger partial charge in [-0.05, 0) is 24.3 Å². The number of nitrogens with one attached hydrogen (secondary N) is 1. The minimum Gasteiger partial charge on any atom is -0.497 e. The number of hydrogen-bond donors (Lipinski definition) is 1. The molecular formula is C16H15NO2. The fourth-order valence-electron chi connectivity index (χ4n) is 1.60. The SMILES string of the molecule is COc1ccc(N/C=C\C(=O)c2ccccc2)cc1. The highest BCUT2D eigenvalue weighted by molar-refractivity contribution is 6.04. The van der Waals surface area contributed by atoms with Crippen LogP contribution < -0.4 is 10.1 Å². The third-order valence-electron chi connectivity index (χ3n) is 2.63. The van der Waals surface area contributed by atoms with Crippen LogP contribution in [0, 0.1) is 0 Å². The Balaban J connectivity index is 1.94. The van der Waals surface area contributed by atoms with Gasteiger partial charge in [0.2, 0.25) is 0 Å². The standard InChI is InChI=1S/C16H15NO2/c1-19-15-9-7-14(8-10-15)17-12-11-16(18)13-5-3-2-4-6-13/h2-12,17H,1H3/b12-11-. The maximum absolute atomic E-state index is 11.8. The Kier molecular flexibility index (Phi) is 4.34. The molecule has 0 amide bonds. The van der Waals surface area contributed by atoms with E-state index in [9.17, 15) is 4.79 Å². The first-order chi connectivity index (χ1) is 9.29. The molecule has 0 fully saturated rings. The third kappa shape index (κ3) is 3.71. The van der Waals surface area contributed by atoms with Crippen molar-refractivity contribution in [1.29, 1.82) is 0 Å². The fraction of sp³-hybridized carbons (Fsp3) is 0.0625. The first kappa shape index (κ1) is 12.9. The first-order valence-corrected chi connectivity index (χ1v) is 5.96. The van der Waals surface area contributed by atoms with Crippen molar-refractivity contribution in [3.05, 3.63) is 72.4 Å². The summed E-state index contributed by atoms with van der Waals surface area (Å²) in [5.74, 6) is 0.775. The lowest BCUT2D eigenvalue weighted by molar-refractivity contribution is 0.104. The van der Waals surface area contributed by atoms with Gasteiger partial charge in [0, 0.05) is 23.5 Å². The maximum Gasteiger partial charge on any atom is 0.187 e. The summed E-state index contributed by atoms with van der Waals surface area (Å²) in [4.78, 5) is 11.8. The Hall–Kier alpha value is -2.55. The van der Waals surface area contributed by atoms with Crippen LogP contribution in [0.5, 0.6) is 5.75 Å². The smallest absolute Gasteiger partial charge is 0.187 e. The van der Waals surface area contributed by atoms with E-state index in [1.807, 2.05) is 42.5 Å². The monoisotopic (exact) mass is 253 g/mol.